The quantitative estimate of drug-likeness (QED) is 0.167. The molecule has 0 atom stereocenters. The third kappa shape index (κ3) is 4.78. The highest BCUT2D eigenvalue weighted by atomic mass is 32.1. The van der Waals surface area contributed by atoms with Crippen LogP contribution in [-0.4, -0.2) is 0 Å². The van der Waals surface area contributed by atoms with Gasteiger partial charge in [0.15, 0.2) is 0 Å². The Morgan fingerprint density at radius 3 is 1.94 bits per heavy atom. The summed E-state index contributed by atoms with van der Waals surface area (Å²) in [7, 11) is 0. The van der Waals surface area contributed by atoms with Crippen molar-refractivity contribution in [3.63, 3.8) is 0 Å². The SMILES string of the molecule is c1ccc(-c2ccc(-c3ccc(N(c4ccc5c(c4)sc4ccccc45)c4cccc5c4ccc4ccccc45)cc3)c3c2oc2ccccc23)cc1. The number of nitrogens with zero attached hydrogens (tertiary/aromatic N) is 1. The lowest BCUT2D eigenvalue weighted by Crippen LogP contribution is -2.10. The zero-order valence-corrected chi connectivity index (χ0v) is 29.5. The van der Waals surface area contributed by atoms with Crippen LogP contribution in [0.4, 0.5) is 17.1 Å². The Hall–Kier alpha value is -6.68. The van der Waals surface area contributed by atoms with Crippen molar-refractivity contribution in [2.75, 3.05) is 4.90 Å². The summed E-state index contributed by atoms with van der Waals surface area (Å²) in [6.45, 7) is 0. The van der Waals surface area contributed by atoms with E-state index in [9.17, 15) is 0 Å². The molecule has 0 saturated carbocycles. The number of furan rings is 1. The standard InChI is InChI=1S/C50H31NOS/c1-2-11-32(12-3-1)39-30-29-38(49-44-16-6-8-19-46(44)52-50(39)49)34-21-24-35(25-22-34)51(36-26-28-43-42-15-7-9-20-47(42)53-48(43)31-36)45-18-10-17-40-37-14-5-4-13-33(37)23-27-41(40)45/h1-31H. The molecule has 0 bridgehead atoms. The van der Waals surface area contributed by atoms with Crippen LogP contribution < -0.4 is 4.90 Å². The van der Waals surface area contributed by atoms with Gasteiger partial charge in [-0.3, -0.25) is 0 Å². The van der Waals surface area contributed by atoms with E-state index < -0.39 is 0 Å². The number of benzene rings is 9. The van der Waals surface area contributed by atoms with Crippen molar-refractivity contribution >= 4 is 92.1 Å². The molecule has 11 aromatic rings. The summed E-state index contributed by atoms with van der Waals surface area (Å²) < 4.78 is 9.19. The maximum Gasteiger partial charge on any atom is 0.143 e. The van der Waals surface area contributed by atoms with Gasteiger partial charge in [0.2, 0.25) is 0 Å². The Morgan fingerprint density at radius 2 is 1.06 bits per heavy atom. The van der Waals surface area contributed by atoms with Crippen molar-refractivity contribution in [1.29, 1.82) is 0 Å². The minimum Gasteiger partial charge on any atom is -0.455 e. The largest absolute Gasteiger partial charge is 0.455 e. The molecule has 2 heterocycles. The summed E-state index contributed by atoms with van der Waals surface area (Å²) in [6.07, 6.45) is 0. The third-order valence-corrected chi connectivity index (χ3v) is 11.8. The van der Waals surface area contributed by atoms with Gasteiger partial charge >= 0.3 is 0 Å². The van der Waals surface area contributed by atoms with Crippen molar-refractivity contribution in [3.8, 4) is 22.3 Å². The lowest BCUT2D eigenvalue weighted by Gasteiger charge is -2.27. The molecule has 2 aromatic heterocycles. The van der Waals surface area contributed by atoms with Gasteiger partial charge in [-0.15, -0.1) is 11.3 Å². The summed E-state index contributed by atoms with van der Waals surface area (Å²) >= 11 is 1.86. The molecule has 0 radical (unpaired) electrons. The van der Waals surface area contributed by atoms with Gasteiger partial charge in [-0.05, 0) is 81.4 Å². The second-order valence-electron chi connectivity index (χ2n) is 13.6. The van der Waals surface area contributed by atoms with Gasteiger partial charge in [0.05, 0.1) is 5.69 Å². The van der Waals surface area contributed by atoms with Crippen LogP contribution in [0.3, 0.4) is 0 Å². The first-order chi connectivity index (χ1) is 26.3. The van der Waals surface area contributed by atoms with Crippen molar-refractivity contribution in [2.24, 2.45) is 0 Å². The summed E-state index contributed by atoms with van der Waals surface area (Å²) in [5.74, 6) is 0. The van der Waals surface area contributed by atoms with Crippen molar-refractivity contribution in [2.45, 2.75) is 0 Å². The Kier molecular flexibility index (Phi) is 6.76. The molecule has 3 heteroatoms. The molecular formula is C50H31NOS. The molecule has 0 N–H and O–H groups in total. The van der Waals surface area contributed by atoms with Gasteiger partial charge in [0, 0.05) is 53.3 Å². The smallest absolute Gasteiger partial charge is 0.143 e. The predicted molar refractivity (Wildman–Crippen MR) is 227 cm³/mol. The summed E-state index contributed by atoms with van der Waals surface area (Å²) in [4.78, 5) is 2.42. The lowest BCUT2D eigenvalue weighted by atomic mass is 9.94. The van der Waals surface area contributed by atoms with E-state index in [4.69, 9.17) is 4.42 Å². The fraction of sp³-hybridized carbons (Fsp3) is 0. The molecular weight excluding hydrogens is 663 g/mol. The van der Waals surface area contributed by atoms with E-state index in [0.29, 0.717) is 0 Å². The minimum absolute atomic E-state index is 0.898. The molecule has 0 unspecified atom stereocenters. The van der Waals surface area contributed by atoms with Crippen molar-refractivity contribution < 1.29 is 4.42 Å². The van der Waals surface area contributed by atoms with E-state index in [2.05, 4.69) is 187 Å². The lowest BCUT2D eigenvalue weighted by molar-refractivity contribution is 0.670. The second kappa shape index (κ2) is 11.9. The zero-order valence-electron chi connectivity index (χ0n) is 28.7. The average Bonchev–Trinajstić information content (AvgIpc) is 3.80. The van der Waals surface area contributed by atoms with Gasteiger partial charge in [0.1, 0.15) is 11.2 Å². The van der Waals surface area contributed by atoms with Crippen LogP contribution in [0.5, 0.6) is 0 Å². The number of fused-ring (bicyclic) bond motifs is 9. The second-order valence-corrected chi connectivity index (χ2v) is 14.7. The maximum absolute atomic E-state index is 6.60. The monoisotopic (exact) mass is 693 g/mol. The molecule has 2 nitrogen and oxygen atoms in total. The predicted octanol–water partition coefficient (Wildman–Crippen LogP) is 15.1. The highest BCUT2D eigenvalue weighted by Gasteiger charge is 2.20. The highest BCUT2D eigenvalue weighted by Crippen LogP contribution is 2.46. The normalized spacial score (nSPS) is 11.8. The first-order valence-corrected chi connectivity index (χ1v) is 18.8. The van der Waals surface area contributed by atoms with Crippen LogP contribution in [-0.2, 0) is 0 Å². The molecule has 0 aliphatic carbocycles. The fourth-order valence-electron chi connectivity index (χ4n) is 8.20. The molecule has 11 rings (SSSR count). The van der Waals surface area contributed by atoms with E-state index in [1.807, 2.05) is 17.4 Å². The van der Waals surface area contributed by atoms with Crippen molar-refractivity contribution in [3.05, 3.63) is 188 Å². The van der Waals surface area contributed by atoms with Crippen LogP contribution in [0, 0.1) is 0 Å². The number of hydrogen-bond acceptors (Lipinski definition) is 3. The van der Waals surface area contributed by atoms with E-state index in [0.717, 1.165) is 61.3 Å². The summed E-state index contributed by atoms with van der Waals surface area (Å²) in [5, 5.41) is 9.84. The first-order valence-electron chi connectivity index (χ1n) is 18.0. The Morgan fingerprint density at radius 1 is 0.396 bits per heavy atom. The minimum atomic E-state index is 0.898. The van der Waals surface area contributed by atoms with Gasteiger partial charge in [-0.25, -0.2) is 0 Å². The van der Waals surface area contributed by atoms with Crippen LogP contribution in [0.25, 0.3) is 85.9 Å². The Bertz CT molecular complexity index is 3170. The zero-order chi connectivity index (χ0) is 34.9. The molecule has 0 amide bonds. The highest BCUT2D eigenvalue weighted by molar-refractivity contribution is 7.25. The molecule has 248 valence electrons. The van der Waals surface area contributed by atoms with Crippen LogP contribution in [0.2, 0.25) is 0 Å². The van der Waals surface area contributed by atoms with E-state index in [1.165, 1.54) is 41.7 Å². The van der Waals surface area contributed by atoms with Crippen LogP contribution >= 0.6 is 11.3 Å². The van der Waals surface area contributed by atoms with Gasteiger partial charge in [0.25, 0.3) is 0 Å². The Labute approximate surface area is 310 Å². The molecule has 0 aliphatic heterocycles. The maximum atomic E-state index is 6.60. The summed E-state index contributed by atoms with van der Waals surface area (Å²) in [5.41, 5.74) is 9.75. The number of rotatable bonds is 5. The fourth-order valence-corrected chi connectivity index (χ4v) is 9.34. The third-order valence-electron chi connectivity index (χ3n) is 10.7. The van der Waals surface area contributed by atoms with Gasteiger partial charge in [-0.1, -0.05) is 140 Å². The van der Waals surface area contributed by atoms with Crippen LogP contribution in [0.15, 0.2) is 192 Å². The number of hydrogen-bond donors (Lipinski definition) is 0. The number of para-hydroxylation sites is 1. The molecule has 0 saturated heterocycles. The van der Waals surface area contributed by atoms with Crippen molar-refractivity contribution in [1.82, 2.24) is 0 Å². The molecule has 0 aliphatic rings. The molecule has 0 fully saturated rings. The van der Waals surface area contributed by atoms with E-state index in [1.54, 1.807) is 0 Å². The van der Waals surface area contributed by atoms with E-state index in [-0.39, 0.29) is 0 Å². The number of anilines is 3. The number of thiophene rings is 1. The van der Waals surface area contributed by atoms with Gasteiger partial charge < -0.3 is 9.32 Å². The first kappa shape index (κ1) is 30.0. The summed E-state index contributed by atoms with van der Waals surface area (Å²) in [6, 6.07) is 67.9. The Balaban J connectivity index is 1.11. The molecule has 9 aromatic carbocycles. The molecule has 53 heavy (non-hydrogen) atoms. The average molecular weight is 694 g/mol. The van der Waals surface area contributed by atoms with E-state index >= 15 is 0 Å². The van der Waals surface area contributed by atoms with Gasteiger partial charge in [-0.2, -0.15) is 0 Å². The molecule has 0 spiro atoms. The topological polar surface area (TPSA) is 16.4 Å². The van der Waals surface area contributed by atoms with Crippen LogP contribution in [0.1, 0.15) is 0 Å².